The Morgan fingerprint density at radius 2 is 1.75 bits per heavy atom. The summed E-state index contributed by atoms with van der Waals surface area (Å²) in [5.74, 6) is 3.22. The molecule has 4 aliphatic rings. The summed E-state index contributed by atoms with van der Waals surface area (Å²) in [5, 5.41) is 9.10. The third-order valence-electron chi connectivity index (χ3n) is 5.76. The van der Waals surface area contributed by atoms with Gasteiger partial charge in [-0.15, -0.1) is 0 Å². The van der Waals surface area contributed by atoms with Crippen molar-refractivity contribution in [2.45, 2.75) is 43.9 Å². The molecule has 0 spiro atoms. The van der Waals surface area contributed by atoms with Crippen LogP contribution in [0.3, 0.4) is 0 Å². The van der Waals surface area contributed by atoms with Crippen LogP contribution < -0.4 is 4.74 Å². The summed E-state index contributed by atoms with van der Waals surface area (Å²) in [7, 11) is 1.60. The maximum Gasteiger partial charge on any atom is 0.231 e. The van der Waals surface area contributed by atoms with Gasteiger partial charge in [-0.3, -0.25) is 0 Å². The third kappa shape index (κ3) is 1.67. The van der Waals surface area contributed by atoms with Crippen molar-refractivity contribution in [3.05, 3.63) is 23.4 Å². The van der Waals surface area contributed by atoms with E-state index in [0.29, 0.717) is 11.4 Å². The second-order valence-corrected chi connectivity index (χ2v) is 7.06. The van der Waals surface area contributed by atoms with E-state index >= 15 is 0 Å². The van der Waals surface area contributed by atoms with Crippen LogP contribution in [0.15, 0.2) is 12.1 Å². The first kappa shape index (κ1) is 12.2. The van der Waals surface area contributed by atoms with Crippen LogP contribution in [0.4, 0.5) is 0 Å². The topological polar surface area (TPSA) is 45.9 Å². The van der Waals surface area contributed by atoms with Gasteiger partial charge >= 0.3 is 0 Å². The highest BCUT2D eigenvalue weighted by Gasteiger charge is 2.52. The maximum atomic E-state index is 9.10. The Hall–Kier alpha value is -1.56. The largest absolute Gasteiger partial charge is 0.480 e. The molecule has 20 heavy (non-hydrogen) atoms. The highest BCUT2D eigenvalue weighted by atomic mass is 16.5. The van der Waals surface area contributed by atoms with Gasteiger partial charge in [0.25, 0.3) is 0 Å². The lowest BCUT2D eigenvalue weighted by Gasteiger charge is -2.56. The average Bonchev–Trinajstić information content (AvgIpc) is 2.45. The molecule has 0 radical (unpaired) electrons. The molecule has 0 atom stereocenters. The van der Waals surface area contributed by atoms with E-state index in [-0.39, 0.29) is 5.41 Å². The molecule has 3 nitrogen and oxygen atoms in total. The molecule has 1 aromatic heterocycles. The molecule has 1 aromatic rings. The summed E-state index contributed by atoms with van der Waals surface area (Å²) in [6, 6.07) is 6.13. The minimum atomic E-state index is 0.274. The maximum absolute atomic E-state index is 9.10. The minimum Gasteiger partial charge on any atom is -0.480 e. The molecule has 4 saturated carbocycles. The Balaban J connectivity index is 1.75. The van der Waals surface area contributed by atoms with Crippen LogP contribution in [0.25, 0.3) is 0 Å². The summed E-state index contributed by atoms with van der Waals surface area (Å²) < 4.78 is 5.31. The third-order valence-corrected chi connectivity index (χ3v) is 5.76. The predicted molar refractivity (Wildman–Crippen MR) is 75.4 cm³/mol. The lowest BCUT2D eigenvalue weighted by atomic mass is 9.49. The Kier molecular flexibility index (Phi) is 2.57. The first-order chi connectivity index (χ1) is 9.72. The molecule has 4 aliphatic carbocycles. The van der Waals surface area contributed by atoms with Gasteiger partial charge in [0.05, 0.1) is 12.8 Å². The van der Waals surface area contributed by atoms with Crippen molar-refractivity contribution < 1.29 is 4.74 Å². The van der Waals surface area contributed by atoms with E-state index in [1.54, 1.807) is 7.11 Å². The summed E-state index contributed by atoms with van der Waals surface area (Å²) in [5.41, 5.74) is 1.99. The molecule has 1 heterocycles. The molecule has 0 amide bonds. The zero-order valence-electron chi connectivity index (χ0n) is 11.9. The molecular weight excluding hydrogens is 248 g/mol. The van der Waals surface area contributed by atoms with E-state index in [1.807, 2.05) is 6.07 Å². The van der Waals surface area contributed by atoms with Crippen molar-refractivity contribution in [3.8, 4) is 11.9 Å². The van der Waals surface area contributed by atoms with Gasteiger partial charge in [0.1, 0.15) is 11.6 Å². The number of nitrogens with zero attached hydrogens (tertiary/aromatic N) is 2. The molecule has 4 bridgehead atoms. The van der Waals surface area contributed by atoms with Crippen molar-refractivity contribution in [1.29, 1.82) is 5.26 Å². The summed E-state index contributed by atoms with van der Waals surface area (Å²) >= 11 is 0. The van der Waals surface area contributed by atoms with E-state index in [9.17, 15) is 0 Å². The van der Waals surface area contributed by atoms with E-state index in [1.165, 1.54) is 44.2 Å². The molecule has 0 aromatic carbocycles. The molecule has 5 rings (SSSR count). The lowest BCUT2D eigenvalue weighted by Crippen LogP contribution is -2.48. The van der Waals surface area contributed by atoms with Crippen LogP contribution in [0.5, 0.6) is 5.88 Å². The Morgan fingerprint density at radius 1 is 1.15 bits per heavy atom. The first-order valence-electron chi connectivity index (χ1n) is 7.68. The van der Waals surface area contributed by atoms with Gasteiger partial charge in [-0.25, -0.2) is 4.98 Å². The molecule has 0 unspecified atom stereocenters. The quantitative estimate of drug-likeness (QED) is 0.825. The number of nitriles is 1. The van der Waals surface area contributed by atoms with Crippen molar-refractivity contribution >= 4 is 0 Å². The second kappa shape index (κ2) is 4.22. The normalized spacial score (nSPS) is 37.7. The van der Waals surface area contributed by atoms with Gasteiger partial charge in [-0.05, 0) is 68.4 Å². The number of hydrogen-bond acceptors (Lipinski definition) is 3. The van der Waals surface area contributed by atoms with E-state index in [0.717, 1.165) is 17.8 Å². The van der Waals surface area contributed by atoms with Crippen LogP contribution in [0, 0.1) is 29.1 Å². The molecule has 0 aliphatic heterocycles. The monoisotopic (exact) mass is 268 g/mol. The van der Waals surface area contributed by atoms with Gasteiger partial charge in [0.2, 0.25) is 5.88 Å². The van der Waals surface area contributed by atoms with Gasteiger partial charge < -0.3 is 4.74 Å². The SMILES string of the molecule is COc1nc(C23CC4CC(CC(C4)C2)C3)ccc1C#N. The van der Waals surface area contributed by atoms with Crippen molar-refractivity contribution in [2.24, 2.45) is 17.8 Å². The Bertz CT molecular complexity index is 552. The standard InChI is InChI=1S/C17H20N2O/c1-20-16-14(10-18)2-3-15(19-16)17-7-11-4-12(8-17)6-13(5-11)9-17/h2-3,11-13H,4-9H2,1H3. The second-order valence-electron chi connectivity index (χ2n) is 7.06. The molecule has 4 fully saturated rings. The number of rotatable bonds is 2. The number of hydrogen-bond donors (Lipinski definition) is 0. The number of pyridine rings is 1. The summed E-state index contributed by atoms with van der Waals surface area (Å²) in [4.78, 5) is 4.71. The highest BCUT2D eigenvalue weighted by Crippen LogP contribution is 2.60. The zero-order chi connectivity index (χ0) is 13.7. The van der Waals surface area contributed by atoms with Gasteiger partial charge in [0, 0.05) is 5.41 Å². The van der Waals surface area contributed by atoms with Gasteiger partial charge in [0.15, 0.2) is 0 Å². The number of methoxy groups -OCH3 is 1. The first-order valence-corrected chi connectivity index (χ1v) is 7.68. The fourth-order valence-corrected chi connectivity index (χ4v) is 5.40. The lowest BCUT2D eigenvalue weighted by molar-refractivity contribution is -0.00740. The smallest absolute Gasteiger partial charge is 0.231 e. The number of aromatic nitrogens is 1. The van der Waals surface area contributed by atoms with Crippen molar-refractivity contribution in [1.82, 2.24) is 4.98 Å². The predicted octanol–water partition coefficient (Wildman–Crippen LogP) is 3.43. The van der Waals surface area contributed by atoms with Crippen LogP contribution >= 0.6 is 0 Å². The van der Waals surface area contributed by atoms with Crippen LogP contribution in [-0.4, -0.2) is 12.1 Å². The summed E-state index contributed by atoms with van der Waals surface area (Å²) in [6.07, 6.45) is 8.19. The van der Waals surface area contributed by atoms with Crippen LogP contribution in [-0.2, 0) is 5.41 Å². The molecule has 0 saturated heterocycles. The van der Waals surface area contributed by atoms with Crippen molar-refractivity contribution in [2.75, 3.05) is 7.11 Å². The fraction of sp³-hybridized carbons (Fsp3) is 0.647. The zero-order valence-corrected chi connectivity index (χ0v) is 11.9. The highest BCUT2D eigenvalue weighted by molar-refractivity contribution is 5.40. The molecule has 3 heteroatoms. The summed E-state index contributed by atoms with van der Waals surface area (Å²) in [6.45, 7) is 0. The van der Waals surface area contributed by atoms with Crippen LogP contribution in [0.1, 0.15) is 49.8 Å². The number of ether oxygens (including phenoxy) is 1. The fourth-order valence-electron chi connectivity index (χ4n) is 5.40. The average molecular weight is 268 g/mol. The van der Waals surface area contributed by atoms with E-state index in [4.69, 9.17) is 15.0 Å². The van der Waals surface area contributed by atoms with E-state index < -0.39 is 0 Å². The molecule has 104 valence electrons. The molecule has 0 N–H and O–H groups in total. The minimum absolute atomic E-state index is 0.274. The van der Waals surface area contributed by atoms with Gasteiger partial charge in [-0.2, -0.15) is 5.26 Å². The Morgan fingerprint density at radius 3 is 2.25 bits per heavy atom. The molecular formula is C17H20N2O. The van der Waals surface area contributed by atoms with Gasteiger partial charge in [-0.1, -0.05) is 0 Å². The van der Waals surface area contributed by atoms with E-state index in [2.05, 4.69) is 12.1 Å². The van der Waals surface area contributed by atoms with Crippen molar-refractivity contribution in [3.63, 3.8) is 0 Å². The van der Waals surface area contributed by atoms with Crippen LogP contribution in [0.2, 0.25) is 0 Å². The Labute approximate surface area is 120 Å².